The van der Waals surface area contributed by atoms with E-state index in [1.165, 1.54) is 13.0 Å². The third kappa shape index (κ3) is 4.95. The highest BCUT2D eigenvalue weighted by atomic mass is 19.4. The number of amides is 2. The van der Waals surface area contributed by atoms with E-state index >= 15 is 0 Å². The molecule has 0 aliphatic carbocycles. The van der Waals surface area contributed by atoms with Gasteiger partial charge < -0.3 is 16.1 Å². The second kappa shape index (κ2) is 6.93. The van der Waals surface area contributed by atoms with E-state index in [-0.39, 0.29) is 30.2 Å². The number of rotatable bonds is 5. The normalized spacial score (nSPS) is 10.9. The quantitative estimate of drug-likeness (QED) is 0.368. The van der Waals surface area contributed by atoms with Gasteiger partial charge in [-0.1, -0.05) is 0 Å². The molecule has 21 heavy (non-hydrogen) atoms. The van der Waals surface area contributed by atoms with Gasteiger partial charge >= 0.3 is 6.18 Å². The number of anilines is 1. The molecule has 5 N–H and O–H groups in total. The van der Waals surface area contributed by atoms with E-state index in [1.54, 1.807) is 0 Å². The fourth-order valence-corrected chi connectivity index (χ4v) is 1.56. The van der Waals surface area contributed by atoms with Crippen molar-refractivity contribution in [1.82, 2.24) is 10.6 Å². The number of nitrogen functional groups attached to an aromatic ring is 1. The van der Waals surface area contributed by atoms with E-state index in [2.05, 4.69) is 10.6 Å². The molecule has 1 rings (SSSR count). The minimum atomic E-state index is -4.63. The van der Waals surface area contributed by atoms with Crippen molar-refractivity contribution in [3.05, 3.63) is 29.3 Å². The predicted molar refractivity (Wildman–Crippen MR) is 70.3 cm³/mol. The Morgan fingerprint density at radius 1 is 1.19 bits per heavy atom. The molecule has 0 heterocycles. The number of carbonyl (C=O) groups is 2. The minimum Gasteiger partial charge on any atom is -0.355 e. The zero-order valence-electron chi connectivity index (χ0n) is 11.2. The maximum Gasteiger partial charge on any atom is 0.418 e. The molecule has 0 saturated heterocycles. The van der Waals surface area contributed by atoms with Gasteiger partial charge in [0.1, 0.15) is 0 Å². The van der Waals surface area contributed by atoms with Crippen molar-refractivity contribution in [3.8, 4) is 0 Å². The Kier molecular flexibility index (Phi) is 5.53. The van der Waals surface area contributed by atoms with E-state index in [0.29, 0.717) is 6.07 Å². The van der Waals surface area contributed by atoms with Crippen molar-refractivity contribution in [2.24, 2.45) is 5.84 Å². The fourth-order valence-electron chi connectivity index (χ4n) is 1.56. The number of hydrogen-bond acceptors (Lipinski definition) is 4. The second-order valence-electron chi connectivity index (χ2n) is 4.14. The Bertz CT molecular complexity index is 532. The van der Waals surface area contributed by atoms with Crippen molar-refractivity contribution in [2.75, 3.05) is 18.5 Å². The topological polar surface area (TPSA) is 96.2 Å². The molecule has 0 spiro atoms. The highest BCUT2D eigenvalue weighted by Gasteiger charge is 2.34. The zero-order valence-corrected chi connectivity index (χ0v) is 11.2. The predicted octanol–water partition coefficient (Wildman–Crippen LogP) is 0.857. The van der Waals surface area contributed by atoms with E-state index in [4.69, 9.17) is 5.84 Å². The maximum absolute atomic E-state index is 12.8. The lowest BCUT2D eigenvalue weighted by Crippen LogP contribution is -2.33. The standard InChI is InChI=1S/C12H15F3N4O2/c1-7(20)17-4-5-18-11(21)8-2-3-10(19-16)9(6-8)12(13,14)15/h2-3,6,19H,4-5,16H2,1H3,(H,17,20)(H,18,21). The van der Waals surface area contributed by atoms with Crippen LogP contribution in [0.5, 0.6) is 0 Å². The average molecular weight is 304 g/mol. The molecule has 0 fully saturated rings. The van der Waals surface area contributed by atoms with E-state index in [0.717, 1.165) is 6.07 Å². The first-order valence-corrected chi connectivity index (χ1v) is 5.96. The molecule has 0 unspecified atom stereocenters. The van der Waals surface area contributed by atoms with Crippen LogP contribution in [0.2, 0.25) is 0 Å². The van der Waals surface area contributed by atoms with Gasteiger partial charge in [-0.3, -0.25) is 15.4 Å². The number of alkyl halides is 3. The van der Waals surface area contributed by atoms with E-state index in [1.807, 2.05) is 5.43 Å². The number of nitrogens with one attached hydrogen (secondary N) is 3. The van der Waals surface area contributed by atoms with Crippen molar-refractivity contribution < 1.29 is 22.8 Å². The summed E-state index contributed by atoms with van der Waals surface area (Å²) in [5, 5.41) is 4.84. The van der Waals surface area contributed by atoms with E-state index in [9.17, 15) is 22.8 Å². The second-order valence-corrected chi connectivity index (χ2v) is 4.14. The van der Waals surface area contributed by atoms with Gasteiger partial charge in [0, 0.05) is 25.6 Å². The van der Waals surface area contributed by atoms with Gasteiger partial charge in [-0.15, -0.1) is 0 Å². The Balaban J connectivity index is 2.79. The summed E-state index contributed by atoms with van der Waals surface area (Å²) in [4.78, 5) is 22.3. The maximum atomic E-state index is 12.8. The number of hydrogen-bond donors (Lipinski definition) is 4. The lowest BCUT2D eigenvalue weighted by molar-refractivity contribution is -0.137. The van der Waals surface area contributed by atoms with Gasteiger partial charge in [0.15, 0.2) is 0 Å². The molecule has 1 aromatic rings. The van der Waals surface area contributed by atoms with Gasteiger partial charge in [-0.05, 0) is 18.2 Å². The molecular formula is C12H15F3N4O2. The van der Waals surface area contributed by atoms with Gasteiger partial charge in [-0.2, -0.15) is 13.2 Å². The first kappa shape index (κ1) is 16.8. The minimum absolute atomic E-state index is 0.108. The van der Waals surface area contributed by atoms with Crippen LogP contribution in [0, 0.1) is 0 Å². The van der Waals surface area contributed by atoms with Gasteiger partial charge in [0.2, 0.25) is 5.91 Å². The Morgan fingerprint density at radius 3 is 2.33 bits per heavy atom. The molecule has 0 bridgehead atoms. The van der Waals surface area contributed by atoms with Crippen molar-refractivity contribution in [1.29, 1.82) is 0 Å². The molecule has 2 amide bonds. The Morgan fingerprint density at radius 2 is 1.81 bits per heavy atom. The van der Waals surface area contributed by atoms with Crippen molar-refractivity contribution in [3.63, 3.8) is 0 Å². The Hall–Kier alpha value is -2.29. The highest BCUT2D eigenvalue weighted by Crippen LogP contribution is 2.35. The Labute approximate surface area is 118 Å². The largest absolute Gasteiger partial charge is 0.418 e. The van der Waals surface area contributed by atoms with Crippen molar-refractivity contribution >= 4 is 17.5 Å². The third-order valence-corrected chi connectivity index (χ3v) is 2.53. The molecule has 0 radical (unpaired) electrons. The molecule has 0 aliphatic heterocycles. The first-order valence-electron chi connectivity index (χ1n) is 5.96. The highest BCUT2D eigenvalue weighted by molar-refractivity contribution is 5.95. The fraction of sp³-hybridized carbons (Fsp3) is 0.333. The van der Waals surface area contributed by atoms with Crippen LogP contribution in [0.3, 0.4) is 0 Å². The number of hydrazine groups is 1. The smallest absolute Gasteiger partial charge is 0.355 e. The number of halogens is 3. The first-order chi connectivity index (χ1) is 9.75. The molecular weight excluding hydrogens is 289 g/mol. The summed E-state index contributed by atoms with van der Waals surface area (Å²) in [6.45, 7) is 1.61. The number of benzene rings is 1. The SMILES string of the molecule is CC(=O)NCCNC(=O)c1ccc(NN)c(C(F)(F)F)c1. The summed E-state index contributed by atoms with van der Waals surface area (Å²) in [7, 11) is 0. The lowest BCUT2D eigenvalue weighted by atomic mass is 10.1. The summed E-state index contributed by atoms with van der Waals surface area (Å²) in [6.07, 6.45) is -4.63. The van der Waals surface area contributed by atoms with Crippen molar-refractivity contribution in [2.45, 2.75) is 13.1 Å². The van der Waals surface area contributed by atoms with Crippen LogP contribution < -0.4 is 21.9 Å². The van der Waals surface area contributed by atoms with Gasteiger partial charge in [0.05, 0.1) is 11.3 Å². The summed E-state index contributed by atoms with van der Waals surface area (Å²) in [6, 6.07) is 3.01. The molecule has 9 heteroatoms. The van der Waals surface area contributed by atoms with E-state index < -0.39 is 17.6 Å². The van der Waals surface area contributed by atoms with Crippen LogP contribution in [0.1, 0.15) is 22.8 Å². The van der Waals surface area contributed by atoms with Crippen LogP contribution in [-0.4, -0.2) is 24.9 Å². The van der Waals surface area contributed by atoms with Crippen LogP contribution in [-0.2, 0) is 11.0 Å². The van der Waals surface area contributed by atoms with Crippen LogP contribution in [0.25, 0.3) is 0 Å². The van der Waals surface area contributed by atoms with Gasteiger partial charge in [-0.25, -0.2) is 0 Å². The summed E-state index contributed by atoms with van der Waals surface area (Å²) >= 11 is 0. The van der Waals surface area contributed by atoms with Crippen LogP contribution in [0.15, 0.2) is 18.2 Å². The molecule has 0 atom stereocenters. The molecule has 1 aromatic carbocycles. The zero-order chi connectivity index (χ0) is 16.0. The third-order valence-electron chi connectivity index (χ3n) is 2.53. The van der Waals surface area contributed by atoms with Crippen LogP contribution in [0.4, 0.5) is 18.9 Å². The number of nitrogens with two attached hydrogens (primary N) is 1. The number of carbonyl (C=O) groups excluding carboxylic acids is 2. The van der Waals surface area contributed by atoms with Gasteiger partial charge in [0.25, 0.3) is 5.91 Å². The molecule has 6 nitrogen and oxygen atoms in total. The summed E-state index contributed by atoms with van der Waals surface area (Å²) < 4.78 is 38.4. The van der Waals surface area contributed by atoms with Crippen LogP contribution >= 0.6 is 0 Å². The lowest BCUT2D eigenvalue weighted by Gasteiger charge is -2.14. The monoisotopic (exact) mass is 304 g/mol. The summed E-state index contributed by atoms with van der Waals surface area (Å²) in [5.74, 6) is 4.08. The molecule has 0 aliphatic rings. The average Bonchev–Trinajstić information content (AvgIpc) is 2.41. The molecule has 116 valence electrons. The molecule has 0 aromatic heterocycles. The summed E-state index contributed by atoms with van der Waals surface area (Å²) in [5.41, 5.74) is 0.435. The molecule has 0 saturated carbocycles.